The SMILES string of the molecule is Br.COC(=O)c1ccc(PC)cc1. The van der Waals surface area contributed by atoms with Gasteiger partial charge in [-0.1, -0.05) is 20.7 Å². The first-order valence-electron chi connectivity index (χ1n) is 3.64. The molecule has 72 valence electrons. The average Bonchev–Trinajstić information content (AvgIpc) is 2.17. The molecule has 1 rings (SSSR count). The van der Waals surface area contributed by atoms with Gasteiger partial charge in [0.25, 0.3) is 0 Å². The Balaban J connectivity index is 0.00000144. The standard InChI is InChI=1S/C9H11O2P.BrH/c1-11-9(10)7-3-5-8(12-2)6-4-7;/h3-6,12H,1-2H3;1H. The molecule has 0 N–H and O–H groups in total. The molecule has 13 heavy (non-hydrogen) atoms. The van der Waals surface area contributed by atoms with E-state index < -0.39 is 0 Å². The van der Waals surface area contributed by atoms with E-state index in [1.165, 1.54) is 12.4 Å². The smallest absolute Gasteiger partial charge is 0.337 e. The number of benzene rings is 1. The Morgan fingerprint density at radius 2 is 1.85 bits per heavy atom. The van der Waals surface area contributed by atoms with Crippen LogP contribution in [0.15, 0.2) is 24.3 Å². The zero-order valence-electron chi connectivity index (χ0n) is 7.53. The summed E-state index contributed by atoms with van der Waals surface area (Å²) in [5, 5.41) is 1.25. The fraction of sp³-hybridized carbons (Fsp3) is 0.222. The number of hydrogen-bond acceptors (Lipinski definition) is 2. The van der Waals surface area contributed by atoms with Crippen LogP contribution < -0.4 is 5.30 Å². The van der Waals surface area contributed by atoms with Crippen molar-refractivity contribution in [2.45, 2.75) is 0 Å². The fourth-order valence-corrected chi connectivity index (χ4v) is 1.39. The molecule has 0 aliphatic rings. The summed E-state index contributed by atoms with van der Waals surface area (Å²) in [4.78, 5) is 11.0. The molecule has 1 aromatic carbocycles. The lowest BCUT2D eigenvalue weighted by molar-refractivity contribution is 0.0601. The Labute approximate surface area is 90.2 Å². The highest BCUT2D eigenvalue weighted by atomic mass is 79.9. The molecule has 0 aromatic heterocycles. The van der Waals surface area contributed by atoms with Crippen LogP contribution >= 0.6 is 25.6 Å². The van der Waals surface area contributed by atoms with Crippen molar-refractivity contribution in [1.29, 1.82) is 0 Å². The van der Waals surface area contributed by atoms with Gasteiger partial charge in [0.2, 0.25) is 0 Å². The van der Waals surface area contributed by atoms with Gasteiger partial charge in [-0.2, -0.15) is 0 Å². The average molecular weight is 263 g/mol. The second-order valence-corrected chi connectivity index (χ2v) is 3.40. The van der Waals surface area contributed by atoms with Crippen molar-refractivity contribution in [1.82, 2.24) is 0 Å². The molecule has 0 spiro atoms. The third kappa shape index (κ3) is 3.45. The van der Waals surface area contributed by atoms with E-state index in [0.717, 1.165) is 8.58 Å². The van der Waals surface area contributed by atoms with E-state index in [9.17, 15) is 4.79 Å². The van der Waals surface area contributed by atoms with Gasteiger partial charge in [-0.25, -0.2) is 4.79 Å². The number of hydrogen-bond donors (Lipinski definition) is 0. The lowest BCUT2D eigenvalue weighted by atomic mass is 10.2. The van der Waals surface area contributed by atoms with Gasteiger partial charge in [0, 0.05) is 0 Å². The van der Waals surface area contributed by atoms with E-state index >= 15 is 0 Å². The van der Waals surface area contributed by atoms with Crippen LogP contribution in [0.25, 0.3) is 0 Å². The Morgan fingerprint density at radius 1 is 1.31 bits per heavy atom. The maximum atomic E-state index is 11.0. The molecule has 1 aromatic rings. The van der Waals surface area contributed by atoms with Crippen LogP contribution in [-0.4, -0.2) is 19.7 Å². The largest absolute Gasteiger partial charge is 0.465 e. The summed E-state index contributed by atoms with van der Waals surface area (Å²) in [6.07, 6.45) is 0. The van der Waals surface area contributed by atoms with Gasteiger partial charge >= 0.3 is 5.97 Å². The maximum absolute atomic E-state index is 11.0. The Hall–Kier alpha value is -0.400. The van der Waals surface area contributed by atoms with E-state index in [-0.39, 0.29) is 23.0 Å². The predicted molar refractivity (Wildman–Crippen MR) is 62.0 cm³/mol. The monoisotopic (exact) mass is 262 g/mol. The molecule has 4 heteroatoms. The van der Waals surface area contributed by atoms with Crippen molar-refractivity contribution in [3.63, 3.8) is 0 Å². The Morgan fingerprint density at radius 3 is 2.23 bits per heavy atom. The quantitative estimate of drug-likeness (QED) is 0.602. The minimum atomic E-state index is -0.277. The van der Waals surface area contributed by atoms with Crippen molar-refractivity contribution in [2.75, 3.05) is 13.8 Å². The van der Waals surface area contributed by atoms with Crippen molar-refractivity contribution in [3.05, 3.63) is 29.8 Å². The van der Waals surface area contributed by atoms with Crippen molar-refractivity contribution < 1.29 is 9.53 Å². The molecule has 1 unspecified atom stereocenters. The summed E-state index contributed by atoms with van der Waals surface area (Å²) >= 11 is 0. The van der Waals surface area contributed by atoms with E-state index in [0.29, 0.717) is 5.56 Å². The highest BCUT2D eigenvalue weighted by Gasteiger charge is 2.02. The summed E-state index contributed by atoms with van der Waals surface area (Å²) in [7, 11) is 2.16. The van der Waals surface area contributed by atoms with E-state index in [1.807, 2.05) is 12.1 Å². The van der Waals surface area contributed by atoms with Crippen LogP contribution in [0.2, 0.25) is 0 Å². The number of ether oxygens (including phenoxy) is 1. The number of methoxy groups -OCH3 is 1. The zero-order valence-corrected chi connectivity index (χ0v) is 10.2. The first-order valence-corrected chi connectivity index (χ1v) is 5.14. The Bertz CT molecular complexity index is 271. The van der Waals surface area contributed by atoms with Gasteiger partial charge in [0.1, 0.15) is 0 Å². The van der Waals surface area contributed by atoms with Crippen LogP contribution in [-0.2, 0) is 4.74 Å². The Kier molecular flexibility index (Phi) is 5.93. The van der Waals surface area contributed by atoms with E-state index in [4.69, 9.17) is 0 Å². The number of halogens is 1. The second kappa shape index (κ2) is 6.11. The molecule has 0 amide bonds. The van der Waals surface area contributed by atoms with E-state index in [2.05, 4.69) is 11.4 Å². The minimum absolute atomic E-state index is 0. The minimum Gasteiger partial charge on any atom is -0.465 e. The van der Waals surface area contributed by atoms with Gasteiger partial charge < -0.3 is 4.74 Å². The maximum Gasteiger partial charge on any atom is 0.337 e. The second-order valence-electron chi connectivity index (χ2n) is 2.32. The molecule has 0 heterocycles. The van der Waals surface area contributed by atoms with Crippen molar-refractivity contribution >= 4 is 36.8 Å². The van der Waals surface area contributed by atoms with Crippen LogP contribution in [0.3, 0.4) is 0 Å². The van der Waals surface area contributed by atoms with Crippen molar-refractivity contribution in [3.8, 4) is 0 Å². The van der Waals surface area contributed by atoms with Gasteiger partial charge in [-0.05, 0) is 24.1 Å². The number of esters is 1. The molecular formula is C9H12BrO2P. The molecule has 2 nitrogen and oxygen atoms in total. The molecule has 0 fully saturated rings. The molecule has 0 bridgehead atoms. The van der Waals surface area contributed by atoms with Gasteiger partial charge in [0.15, 0.2) is 0 Å². The normalized spacial score (nSPS) is 9.69. The molecule has 1 atom stereocenters. The number of rotatable bonds is 2. The van der Waals surface area contributed by atoms with Crippen LogP contribution in [0.4, 0.5) is 0 Å². The predicted octanol–water partition coefficient (Wildman–Crippen LogP) is 1.98. The highest BCUT2D eigenvalue weighted by Crippen LogP contribution is 2.06. The number of carbonyl (C=O) groups excluding carboxylic acids is 1. The summed E-state index contributed by atoms with van der Waals surface area (Å²) in [5.41, 5.74) is 0.611. The molecule has 0 radical (unpaired) electrons. The lowest BCUT2D eigenvalue weighted by Gasteiger charge is -1.99. The molecule has 0 aliphatic heterocycles. The first kappa shape index (κ1) is 12.6. The fourth-order valence-electron chi connectivity index (χ4n) is 0.891. The molecule has 0 aliphatic carbocycles. The summed E-state index contributed by atoms with van der Waals surface area (Å²) in [6.45, 7) is 2.10. The summed E-state index contributed by atoms with van der Waals surface area (Å²) in [5.74, 6) is -0.277. The summed E-state index contributed by atoms with van der Waals surface area (Å²) in [6, 6.07) is 7.48. The summed E-state index contributed by atoms with van der Waals surface area (Å²) < 4.78 is 4.57. The molecular weight excluding hydrogens is 251 g/mol. The van der Waals surface area contributed by atoms with Crippen LogP contribution in [0.5, 0.6) is 0 Å². The lowest BCUT2D eigenvalue weighted by Crippen LogP contribution is -2.02. The van der Waals surface area contributed by atoms with E-state index in [1.54, 1.807) is 12.1 Å². The third-order valence-corrected chi connectivity index (χ3v) is 2.51. The molecule has 0 saturated heterocycles. The topological polar surface area (TPSA) is 26.3 Å². The van der Waals surface area contributed by atoms with Gasteiger partial charge in [-0.15, -0.1) is 17.0 Å². The van der Waals surface area contributed by atoms with Crippen LogP contribution in [0.1, 0.15) is 10.4 Å². The van der Waals surface area contributed by atoms with Crippen molar-refractivity contribution in [2.24, 2.45) is 0 Å². The van der Waals surface area contributed by atoms with Gasteiger partial charge in [-0.3, -0.25) is 0 Å². The molecule has 0 saturated carbocycles. The highest BCUT2D eigenvalue weighted by molar-refractivity contribution is 8.93. The van der Waals surface area contributed by atoms with Gasteiger partial charge in [0.05, 0.1) is 12.7 Å². The first-order chi connectivity index (χ1) is 5.77. The number of carbonyl (C=O) groups is 1. The zero-order chi connectivity index (χ0) is 8.97. The third-order valence-electron chi connectivity index (χ3n) is 1.59. The van der Waals surface area contributed by atoms with Crippen LogP contribution in [0, 0.1) is 0 Å².